The summed E-state index contributed by atoms with van der Waals surface area (Å²) < 4.78 is 2.13. The molecule has 0 bridgehead atoms. The van der Waals surface area contributed by atoms with Gasteiger partial charge in [0.05, 0.1) is 5.52 Å². The third-order valence-electron chi connectivity index (χ3n) is 4.04. The number of hydrogen-bond donors (Lipinski definition) is 1. The van der Waals surface area contributed by atoms with Crippen molar-refractivity contribution in [3.63, 3.8) is 0 Å². The van der Waals surface area contributed by atoms with Crippen LogP contribution in [0.4, 0.5) is 5.82 Å². The Hall–Kier alpha value is -2.01. The van der Waals surface area contributed by atoms with Crippen molar-refractivity contribution in [1.29, 1.82) is 0 Å². The van der Waals surface area contributed by atoms with E-state index in [-0.39, 0.29) is 0 Å². The predicted octanol–water partition coefficient (Wildman–Crippen LogP) is 3.22. The molecule has 3 aromatic rings. The standard InChI is InChI=1S/C16H16N4S/c17-16-15-14(18-10-19-16)13(11-6-7-21-9-11)8-20(15)12-4-2-1-3-5-12/h1-5,8,10-11H,6-7,9H2,(H2,17,18,19). The molecule has 1 aliphatic heterocycles. The molecule has 3 heterocycles. The quantitative estimate of drug-likeness (QED) is 0.789. The summed E-state index contributed by atoms with van der Waals surface area (Å²) in [6.07, 6.45) is 4.97. The largest absolute Gasteiger partial charge is 0.382 e. The fourth-order valence-corrected chi connectivity index (χ4v) is 4.23. The lowest BCUT2D eigenvalue weighted by Crippen LogP contribution is -1.98. The maximum absolute atomic E-state index is 6.13. The average Bonchev–Trinajstić information content (AvgIpc) is 3.16. The number of aromatic nitrogens is 3. The molecule has 1 atom stereocenters. The molecule has 0 aliphatic carbocycles. The SMILES string of the molecule is Nc1ncnc2c(C3CCSC3)cn(-c3ccccc3)c12. The first-order valence-corrected chi connectivity index (χ1v) is 8.24. The number of fused-ring (bicyclic) bond motifs is 1. The number of thioether (sulfide) groups is 1. The molecule has 106 valence electrons. The molecular weight excluding hydrogens is 280 g/mol. The smallest absolute Gasteiger partial charge is 0.151 e. The molecular formula is C16H16N4S. The number of hydrogen-bond acceptors (Lipinski definition) is 4. The lowest BCUT2D eigenvalue weighted by Gasteiger charge is -2.05. The van der Waals surface area contributed by atoms with Gasteiger partial charge in [0.15, 0.2) is 5.82 Å². The minimum absolute atomic E-state index is 0.542. The molecule has 0 amide bonds. The van der Waals surface area contributed by atoms with Crippen molar-refractivity contribution in [3.05, 3.63) is 48.4 Å². The molecule has 1 saturated heterocycles. The lowest BCUT2D eigenvalue weighted by atomic mass is 10.0. The predicted molar refractivity (Wildman–Crippen MR) is 88.0 cm³/mol. The molecule has 0 spiro atoms. The summed E-state index contributed by atoms with van der Waals surface area (Å²) in [7, 11) is 0. The van der Waals surface area contributed by atoms with Crippen LogP contribution in [0.25, 0.3) is 16.7 Å². The second kappa shape index (κ2) is 5.07. The van der Waals surface area contributed by atoms with Crippen molar-refractivity contribution in [2.24, 2.45) is 0 Å². The number of para-hydroxylation sites is 1. The summed E-state index contributed by atoms with van der Waals surface area (Å²) in [5, 5.41) is 0. The average molecular weight is 296 g/mol. The van der Waals surface area contributed by atoms with Crippen LogP contribution in [0.1, 0.15) is 17.9 Å². The van der Waals surface area contributed by atoms with E-state index in [2.05, 4.69) is 32.9 Å². The summed E-state index contributed by atoms with van der Waals surface area (Å²) in [5.41, 5.74) is 10.5. The van der Waals surface area contributed by atoms with Crippen LogP contribution in [0.15, 0.2) is 42.9 Å². The van der Waals surface area contributed by atoms with Gasteiger partial charge in [-0.3, -0.25) is 0 Å². The molecule has 1 aliphatic rings. The van der Waals surface area contributed by atoms with Crippen molar-refractivity contribution < 1.29 is 0 Å². The van der Waals surface area contributed by atoms with E-state index < -0.39 is 0 Å². The Labute approximate surface area is 127 Å². The summed E-state index contributed by atoms with van der Waals surface area (Å²) in [4.78, 5) is 8.69. The number of anilines is 1. The fraction of sp³-hybridized carbons (Fsp3) is 0.250. The Bertz CT molecular complexity index is 776. The van der Waals surface area contributed by atoms with Crippen LogP contribution in [0.2, 0.25) is 0 Å². The highest BCUT2D eigenvalue weighted by Gasteiger charge is 2.24. The third-order valence-corrected chi connectivity index (χ3v) is 5.20. The topological polar surface area (TPSA) is 56.7 Å². The lowest BCUT2D eigenvalue weighted by molar-refractivity contribution is 0.784. The monoisotopic (exact) mass is 296 g/mol. The Morgan fingerprint density at radius 3 is 2.81 bits per heavy atom. The summed E-state index contributed by atoms with van der Waals surface area (Å²) in [5.74, 6) is 3.50. The molecule has 5 heteroatoms. The summed E-state index contributed by atoms with van der Waals surface area (Å²) >= 11 is 2.01. The van der Waals surface area contributed by atoms with Gasteiger partial charge < -0.3 is 10.3 Å². The van der Waals surface area contributed by atoms with E-state index in [1.807, 2.05) is 30.0 Å². The highest BCUT2D eigenvalue weighted by Crippen LogP contribution is 2.38. The van der Waals surface area contributed by atoms with E-state index in [1.54, 1.807) is 6.33 Å². The van der Waals surface area contributed by atoms with Crippen molar-refractivity contribution >= 4 is 28.6 Å². The zero-order valence-corrected chi connectivity index (χ0v) is 12.4. The Balaban J connectivity index is 1.98. The molecule has 1 aromatic carbocycles. The van der Waals surface area contributed by atoms with Gasteiger partial charge in [0.25, 0.3) is 0 Å². The number of benzene rings is 1. The first-order valence-electron chi connectivity index (χ1n) is 7.09. The molecule has 1 unspecified atom stereocenters. The van der Waals surface area contributed by atoms with E-state index >= 15 is 0 Å². The molecule has 0 radical (unpaired) electrons. The third kappa shape index (κ3) is 2.08. The van der Waals surface area contributed by atoms with Crippen LogP contribution < -0.4 is 5.73 Å². The van der Waals surface area contributed by atoms with Gasteiger partial charge in [-0.05, 0) is 30.2 Å². The minimum atomic E-state index is 0.542. The second-order valence-corrected chi connectivity index (χ2v) is 6.46. The molecule has 4 rings (SSSR count). The van der Waals surface area contributed by atoms with Crippen molar-refractivity contribution in [3.8, 4) is 5.69 Å². The van der Waals surface area contributed by atoms with Gasteiger partial charge in [-0.1, -0.05) is 18.2 Å². The van der Waals surface area contributed by atoms with E-state index in [4.69, 9.17) is 5.73 Å². The highest BCUT2D eigenvalue weighted by atomic mass is 32.2. The van der Waals surface area contributed by atoms with Crippen LogP contribution in [0.3, 0.4) is 0 Å². The molecule has 0 saturated carbocycles. The summed E-state index contributed by atoms with van der Waals surface area (Å²) in [6, 6.07) is 10.3. The highest BCUT2D eigenvalue weighted by molar-refractivity contribution is 7.99. The normalized spacial score (nSPS) is 18.4. The zero-order chi connectivity index (χ0) is 14.2. The van der Waals surface area contributed by atoms with Gasteiger partial charge in [-0.2, -0.15) is 11.8 Å². The Morgan fingerprint density at radius 2 is 2.05 bits per heavy atom. The molecule has 2 N–H and O–H groups in total. The number of nitrogen functional groups attached to an aromatic ring is 1. The number of rotatable bonds is 2. The van der Waals surface area contributed by atoms with Gasteiger partial charge in [0.1, 0.15) is 11.8 Å². The molecule has 2 aromatic heterocycles. The Morgan fingerprint density at radius 1 is 1.19 bits per heavy atom. The zero-order valence-electron chi connectivity index (χ0n) is 11.6. The van der Waals surface area contributed by atoms with Crippen molar-refractivity contribution in [1.82, 2.24) is 14.5 Å². The van der Waals surface area contributed by atoms with Gasteiger partial charge in [0, 0.05) is 23.2 Å². The fourth-order valence-electron chi connectivity index (χ4n) is 2.98. The van der Waals surface area contributed by atoms with Gasteiger partial charge >= 0.3 is 0 Å². The van der Waals surface area contributed by atoms with E-state index in [1.165, 1.54) is 17.7 Å². The Kier molecular flexibility index (Phi) is 3.07. The van der Waals surface area contributed by atoms with Crippen LogP contribution in [0, 0.1) is 0 Å². The molecule has 4 nitrogen and oxygen atoms in total. The van der Waals surface area contributed by atoms with Crippen molar-refractivity contribution in [2.45, 2.75) is 12.3 Å². The molecule has 21 heavy (non-hydrogen) atoms. The maximum Gasteiger partial charge on any atom is 0.151 e. The van der Waals surface area contributed by atoms with Crippen LogP contribution in [0.5, 0.6) is 0 Å². The maximum atomic E-state index is 6.13. The van der Waals surface area contributed by atoms with Crippen molar-refractivity contribution in [2.75, 3.05) is 17.2 Å². The van der Waals surface area contributed by atoms with Gasteiger partial charge in [-0.15, -0.1) is 0 Å². The second-order valence-electron chi connectivity index (χ2n) is 5.31. The van der Waals surface area contributed by atoms with Gasteiger partial charge in [-0.25, -0.2) is 9.97 Å². The minimum Gasteiger partial charge on any atom is -0.382 e. The first kappa shape index (κ1) is 12.7. The van der Waals surface area contributed by atoms with Crippen LogP contribution >= 0.6 is 11.8 Å². The molecule has 1 fully saturated rings. The van der Waals surface area contributed by atoms with Crippen LogP contribution in [-0.4, -0.2) is 26.0 Å². The number of nitrogens with two attached hydrogens (primary N) is 1. The van der Waals surface area contributed by atoms with E-state index in [0.29, 0.717) is 11.7 Å². The van der Waals surface area contributed by atoms with Gasteiger partial charge in [0.2, 0.25) is 0 Å². The first-order chi connectivity index (χ1) is 10.3. The number of nitrogens with zero attached hydrogens (tertiary/aromatic N) is 3. The summed E-state index contributed by atoms with van der Waals surface area (Å²) in [6.45, 7) is 0. The van der Waals surface area contributed by atoms with Crippen LogP contribution in [-0.2, 0) is 0 Å². The van der Waals surface area contributed by atoms with E-state index in [0.717, 1.165) is 22.5 Å². The van der Waals surface area contributed by atoms with E-state index in [9.17, 15) is 0 Å².